The number of nitro groups is 1. The molecule has 2 N–H and O–H groups in total. The van der Waals surface area contributed by atoms with Crippen LogP contribution >= 0.6 is 0 Å². The summed E-state index contributed by atoms with van der Waals surface area (Å²) < 4.78 is 14.9. The molecule has 0 radical (unpaired) electrons. The van der Waals surface area contributed by atoms with Crippen LogP contribution in [0.3, 0.4) is 0 Å². The molecule has 164 valence electrons. The Morgan fingerprint density at radius 1 is 1.13 bits per heavy atom. The van der Waals surface area contributed by atoms with Gasteiger partial charge in [-0.25, -0.2) is 9.59 Å². The van der Waals surface area contributed by atoms with Crippen molar-refractivity contribution in [3.63, 3.8) is 0 Å². The number of benzene rings is 1. The number of imide groups is 1. The maximum atomic E-state index is 12.3. The number of hydrogen-bond acceptors (Lipinski definition) is 8. The van der Waals surface area contributed by atoms with Crippen molar-refractivity contribution < 1.29 is 33.5 Å². The molecule has 11 heteroatoms. The lowest BCUT2D eigenvalue weighted by Crippen LogP contribution is -2.48. The van der Waals surface area contributed by atoms with E-state index in [2.05, 4.69) is 10.6 Å². The van der Waals surface area contributed by atoms with Crippen molar-refractivity contribution in [3.8, 4) is 11.5 Å². The fraction of sp³-hybridized carbons (Fsp3) is 0.526. The smallest absolute Gasteiger partial charge is 0.345 e. The summed E-state index contributed by atoms with van der Waals surface area (Å²) in [6.07, 6.45) is 3.95. The van der Waals surface area contributed by atoms with Crippen LogP contribution in [0.1, 0.15) is 43.0 Å². The molecule has 0 spiro atoms. The summed E-state index contributed by atoms with van der Waals surface area (Å²) in [6.45, 7) is 1.25. The van der Waals surface area contributed by atoms with Gasteiger partial charge in [-0.15, -0.1) is 0 Å². The molecule has 0 aliphatic heterocycles. The molecule has 1 aliphatic rings. The largest absolute Gasteiger partial charge is 0.493 e. The lowest BCUT2D eigenvalue weighted by atomic mass is 9.86. The maximum absolute atomic E-state index is 12.3. The number of carbonyl (C=O) groups excluding carboxylic acids is 3. The zero-order valence-electron chi connectivity index (χ0n) is 17.1. The van der Waals surface area contributed by atoms with Crippen LogP contribution in [0.15, 0.2) is 12.1 Å². The number of hydrogen-bond donors (Lipinski definition) is 2. The van der Waals surface area contributed by atoms with Gasteiger partial charge in [0.1, 0.15) is 5.56 Å². The van der Waals surface area contributed by atoms with Crippen molar-refractivity contribution in [1.29, 1.82) is 0 Å². The number of esters is 1. The number of amides is 3. The minimum Gasteiger partial charge on any atom is -0.493 e. The summed E-state index contributed by atoms with van der Waals surface area (Å²) in [7, 11) is 2.60. The second-order valence-electron chi connectivity index (χ2n) is 6.95. The molecule has 3 amide bonds. The van der Waals surface area contributed by atoms with Crippen LogP contribution in [0.5, 0.6) is 11.5 Å². The Morgan fingerprint density at radius 2 is 1.77 bits per heavy atom. The monoisotopic (exact) mass is 423 g/mol. The third-order valence-electron chi connectivity index (χ3n) is 4.93. The van der Waals surface area contributed by atoms with Crippen LogP contribution < -0.4 is 20.1 Å². The Hall–Kier alpha value is -3.37. The standard InChI is InChI=1S/C19H25N3O8/c1-11-6-4-5-7-13(11)20-19(25)21-17(23)10-30-18(24)12-8-15(28-2)16(29-3)9-14(12)22(26)27/h8-9,11,13H,4-7,10H2,1-3H3,(H2,20,21,23,25). The average Bonchev–Trinajstić information content (AvgIpc) is 2.72. The van der Waals surface area contributed by atoms with E-state index in [4.69, 9.17) is 14.2 Å². The van der Waals surface area contributed by atoms with Crippen LogP contribution in [-0.2, 0) is 9.53 Å². The Kier molecular flexibility index (Phi) is 7.96. The molecule has 1 saturated carbocycles. The van der Waals surface area contributed by atoms with Crippen molar-refractivity contribution >= 4 is 23.6 Å². The van der Waals surface area contributed by atoms with Gasteiger partial charge in [0.15, 0.2) is 18.1 Å². The fourth-order valence-electron chi connectivity index (χ4n) is 3.29. The van der Waals surface area contributed by atoms with E-state index in [0.717, 1.165) is 37.8 Å². The number of ether oxygens (including phenoxy) is 3. The Bertz CT molecular complexity index is 826. The number of urea groups is 1. The van der Waals surface area contributed by atoms with Crippen molar-refractivity contribution in [3.05, 3.63) is 27.8 Å². The topological polar surface area (TPSA) is 146 Å². The number of nitrogens with one attached hydrogen (secondary N) is 2. The third kappa shape index (κ3) is 5.82. The van der Waals surface area contributed by atoms with E-state index in [9.17, 15) is 24.5 Å². The molecule has 1 aromatic carbocycles. The molecular formula is C19H25N3O8. The first-order valence-corrected chi connectivity index (χ1v) is 9.44. The first-order valence-electron chi connectivity index (χ1n) is 9.44. The van der Waals surface area contributed by atoms with Gasteiger partial charge in [-0.05, 0) is 18.8 Å². The van der Waals surface area contributed by atoms with Crippen LogP contribution in [-0.4, -0.2) is 49.7 Å². The first kappa shape index (κ1) is 22.9. The molecule has 1 aliphatic carbocycles. The van der Waals surface area contributed by atoms with Gasteiger partial charge in [-0.1, -0.05) is 19.8 Å². The highest BCUT2D eigenvalue weighted by molar-refractivity contribution is 5.98. The zero-order valence-corrected chi connectivity index (χ0v) is 17.1. The van der Waals surface area contributed by atoms with Gasteiger partial charge in [0.25, 0.3) is 11.6 Å². The molecule has 2 rings (SSSR count). The second kappa shape index (κ2) is 10.4. The molecule has 30 heavy (non-hydrogen) atoms. The summed E-state index contributed by atoms with van der Waals surface area (Å²) in [6, 6.07) is 1.42. The van der Waals surface area contributed by atoms with E-state index >= 15 is 0 Å². The molecule has 2 unspecified atom stereocenters. The van der Waals surface area contributed by atoms with Crippen LogP contribution in [0.2, 0.25) is 0 Å². The lowest BCUT2D eigenvalue weighted by Gasteiger charge is -2.29. The minimum atomic E-state index is -1.11. The quantitative estimate of drug-likeness (QED) is 0.385. The molecular weight excluding hydrogens is 398 g/mol. The molecule has 0 aromatic heterocycles. The lowest BCUT2D eigenvalue weighted by molar-refractivity contribution is -0.385. The molecule has 0 bridgehead atoms. The van der Waals surface area contributed by atoms with Gasteiger partial charge in [0, 0.05) is 12.1 Å². The first-order chi connectivity index (χ1) is 14.3. The number of nitro benzene ring substituents is 1. The van der Waals surface area contributed by atoms with E-state index in [1.165, 1.54) is 14.2 Å². The van der Waals surface area contributed by atoms with Crippen molar-refractivity contribution in [2.75, 3.05) is 20.8 Å². The molecule has 1 aromatic rings. The van der Waals surface area contributed by atoms with E-state index < -0.39 is 40.7 Å². The zero-order chi connectivity index (χ0) is 22.3. The Labute approximate surface area is 173 Å². The summed E-state index contributed by atoms with van der Waals surface area (Å²) in [5.74, 6) is -1.51. The van der Waals surface area contributed by atoms with Gasteiger partial charge in [0.2, 0.25) is 0 Å². The van der Waals surface area contributed by atoms with Crippen molar-refractivity contribution in [2.45, 2.75) is 38.6 Å². The predicted molar refractivity (Wildman–Crippen MR) is 105 cm³/mol. The minimum absolute atomic E-state index is 0.0245. The number of carbonyl (C=O) groups is 3. The van der Waals surface area contributed by atoms with E-state index in [0.29, 0.717) is 5.92 Å². The highest BCUT2D eigenvalue weighted by Crippen LogP contribution is 2.34. The van der Waals surface area contributed by atoms with Gasteiger partial charge in [0.05, 0.1) is 25.2 Å². The van der Waals surface area contributed by atoms with Crippen molar-refractivity contribution in [2.24, 2.45) is 5.92 Å². The van der Waals surface area contributed by atoms with Crippen molar-refractivity contribution in [1.82, 2.24) is 10.6 Å². The van der Waals surface area contributed by atoms with Crippen LogP contribution in [0, 0.1) is 16.0 Å². The third-order valence-corrected chi connectivity index (χ3v) is 4.93. The Morgan fingerprint density at radius 3 is 2.37 bits per heavy atom. The van der Waals surface area contributed by atoms with Gasteiger partial charge in [-0.2, -0.15) is 0 Å². The van der Waals surface area contributed by atoms with E-state index in [1.807, 2.05) is 6.92 Å². The summed E-state index contributed by atoms with van der Waals surface area (Å²) in [5.41, 5.74) is -0.979. The van der Waals surface area contributed by atoms with Crippen LogP contribution in [0.4, 0.5) is 10.5 Å². The molecule has 0 saturated heterocycles. The van der Waals surface area contributed by atoms with Gasteiger partial charge < -0.3 is 19.5 Å². The van der Waals surface area contributed by atoms with E-state index in [-0.39, 0.29) is 17.5 Å². The summed E-state index contributed by atoms with van der Waals surface area (Å²) in [5, 5.41) is 16.1. The number of rotatable bonds is 7. The molecule has 0 heterocycles. The number of nitrogens with zero attached hydrogens (tertiary/aromatic N) is 1. The number of methoxy groups -OCH3 is 2. The summed E-state index contributed by atoms with van der Waals surface area (Å²) in [4.78, 5) is 46.7. The SMILES string of the molecule is COc1cc(C(=O)OCC(=O)NC(=O)NC2CCCCC2C)c([N+](=O)[O-])cc1OC. The highest BCUT2D eigenvalue weighted by atomic mass is 16.6. The predicted octanol–water partition coefficient (Wildman–Crippen LogP) is 2.17. The molecule has 11 nitrogen and oxygen atoms in total. The summed E-state index contributed by atoms with van der Waals surface area (Å²) >= 11 is 0. The van der Waals surface area contributed by atoms with E-state index in [1.54, 1.807) is 0 Å². The normalized spacial score (nSPS) is 18.1. The second-order valence-corrected chi connectivity index (χ2v) is 6.95. The maximum Gasteiger partial charge on any atom is 0.345 e. The van der Waals surface area contributed by atoms with Crippen LogP contribution in [0.25, 0.3) is 0 Å². The highest BCUT2D eigenvalue weighted by Gasteiger charge is 2.27. The molecule has 1 fully saturated rings. The average molecular weight is 423 g/mol. The molecule has 2 atom stereocenters. The fourth-order valence-corrected chi connectivity index (χ4v) is 3.29. The Balaban J connectivity index is 1.96. The van der Waals surface area contributed by atoms with Gasteiger partial charge in [-0.3, -0.25) is 20.2 Å². The van der Waals surface area contributed by atoms with Gasteiger partial charge >= 0.3 is 12.0 Å².